The second-order valence-electron chi connectivity index (χ2n) is 7.23. The maximum Gasteiger partial charge on any atom is 0.265 e. The Morgan fingerprint density at radius 1 is 1.41 bits per heavy atom. The zero-order valence-electron chi connectivity index (χ0n) is 16.5. The lowest BCUT2D eigenvalue weighted by Crippen LogP contribution is -2.49. The first kappa shape index (κ1) is 19.9. The average molecular weight is 391 g/mol. The normalized spacial score (nSPS) is 20.5. The minimum Gasteiger partial charge on any atom is -0.482 e. The van der Waals surface area contributed by atoms with Crippen molar-refractivity contribution >= 4 is 29.3 Å². The Morgan fingerprint density at radius 2 is 2.22 bits per heavy atom. The molecular weight excluding hydrogens is 360 g/mol. The molecule has 2 aliphatic heterocycles. The first-order valence-corrected chi connectivity index (χ1v) is 10.7. The zero-order chi connectivity index (χ0) is 19.2. The summed E-state index contributed by atoms with van der Waals surface area (Å²) in [6.45, 7) is 8.22. The number of guanidine groups is 1. The number of nitrogens with one attached hydrogen (secondary N) is 1. The average Bonchev–Trinajstić information content (AvgIpc) is 2.69. The van der Waals surface area contributed by atoms with Crippen molar-refractivity contribution in [2.24, 2.45) is 10.9 Å². The van der Waals surface area contributed by atoms with Gasteiger partial charge in [0.05, 0.1) is 5.69 Å². The number of rotatable bonds is 5. The maximum atomic E-state index is 12.2. The van der Waals surface area contributed by atoms with Gasteiger partial charge in [-0.15, -0.1) is 0 Å². The van der Waals surface area contributed by atoms with Crippen molar-refractivity contribution < 1.29 is 9.53 Å². The van der Waals surface area contributed by atoms with Gasteiger partial charge in [0.25, 0.3) is 5.91 Å². The van der Waals surface area contributed by atoms with Crippen LogP contribution < -0.4 is 15.0 Å². The van der Waals surface area contributed by atoms with Gasteiger partial charge in [-0.1, -0.05) is 26.0 Å². The van der Waals surface area contributed by atoms with Gasteiger partial charge in [-0.2, -0.15) is 11.8 Å². The summed E-state index contributed by atoms with van der Waals surface area (Å²) < 4.78 is 5.50. The van der Waals surface area contributed by atoms with E-state index in [2.05, 4.69) is 40.8 Å². The Morgan fingerprint density at radius 3 is 3.00 bits per heavy atom. The van der Waals surface area contributed by atoms with Crippen LogP contribution in [0.5, 0.6) is 5.75 Å². The standard InChI is InChI=1S/C20H30N4O2S/c1-15(2)18-13-23(11-12-27-18)20(21-3)22-9-6-10-24-16-7-4-5-8-17(16)26-14-19(24)25/h4-5,7-8,15,18H,6,9-14H2,1-3H3,(H,21,22). The van der Waals surface area contributed by atoms with E-state index in [1.165, 1.54) is 0 Å². The van der Waals surface area contributed by atoms with E-state index in [1.807, 2.05) is 36.2 Å². The number of para-hydroxylation sites is 2. The molecule has 1 amide bonds. The number of carbonyl (C=O) groups is 1. The van der Waals surface area contributed by atoms with E-state index in [-0.39, 0.29) is 12.5 Å². The van der Waals surface area contributed by atoms with Crippen LogP contribution in [0.4, 0.5) is 5.69 Å². The lowest BCUT2D eigenvalue weighted by Gasteiger charge is -2.36. The summed E-state index contributed by atoms with van der Waals surface area (Å²) in [6.07, 6.45) is 0.856. The number of ether oxygens (including phenoxy) is 1. The summed E-state index contributed by atoms with van der Waals surface area (Å²) in [5.41, 5.74) is 0.867. The number of hydrogen-bond acceptors (Lipinski definition) is 4. The molecule has 1 fully saturated rings. The van der Waals surface area contributed by atoms with Gasteiger partial charge in [-0.3, -0.25) is 9.79 Å². The van der Waals surface area contributed by atoms with Gasteiger partial charge in [-0.05, 0) is 24.5 Å². The number of aliphatic imine (C=N–C) groups is 1. The topological polar surface area (TPSA) is 57.2 Å². The number of anilines is 1. The molecule has 1 saturated heterocycles. The van der Waals surface area contributed by atoms with Gasteiger partial charge in [0, 0.05) is 44.2 Å². The second kappa shape index (κ2) is 9.35. The molecule has 2 heterocycles. The molecule has 1 aromatic rings. The summed E-state index contributed by atoms with van der Waals surface area (Å²) in [5, 5.41) is 4.13. The maximum absolute atomic E-state index is 12.2. The fourth-order valence-corrected chi connectivity index (χ4v) is 4.74. The number of carbonyl (C=O) groups excluding carboxylic acids is 1. The first-order chi connectivity index (χ1) is 13.1. The highest BCUT2D eigenvalue weighted by Gasteiger charge is 2.26. The Bertz CT molecular complexity index is 680. The summed E-state index contributed by atoms with van der Waals surface area (Å²) in [5.74, 6) is 3.58. The predicted molar refractivity (Wildman–Crippen MR) is 113 cm³/mol. The van der Waals surface area contributed by atoms with Gasteiger partial charge >= 0.3 is 0 Å². The molecule has 0 saturated carbocycles. The zero-order valence-corrected chi connectivity index (χ0v) is 17.3. The van der Waals surface area contributed by atoms with E-state index in [0.717, 1.165) is 49.2 Å². The summed E-state index contributed by atoms with van der Waals surface area (Å²) in [6, 6.07) is 7.72. The van der Waals surface area contributed by atoms with E-state index in [9.17, 15) is 4.79 Å². The Labute approximate surface area is 166 Å². The van der Waals surface area contributed by atoms with Crippen LogP contribution >= 0.6 is 11.8 Å². The van der Waals surface area contributed by atoms with Crippen LogP contribution in [0.15, 0.2) is 29.3 Å². The summed E-state index contributed by atoms with van der Waals surface area (Å²) in [7, 11) is 1.84. The molecule has 27 heavy (non-hydrogen) atoms. The smallest absolute Gasteiger partial charge is 0.265 e. The molecule has 1 aromatic carbocycles. The predicted octanol–water partition coefficient (Wildman–Crippen LogP) is 2.45. The molecule has 0 aliphatic carbocycles. The molecule has 7 heteroatoms. The van der Waals surface area contributed by atoms with E-state index in [1.54, 1.807) is 0 Å². The van der Waals surface area contributed by atoms with Crippen molar-refractivity contribution in [1.29, 1.82) is 0 Å². The van der Waals surface area contributed by atoms with Crippen molar-refractivity contribution in [2.75, 3.05) is 50.5 Å². The Balaban J connectivity index is 1.50. The molecule has 0 spiro atoms. The third-order valence-corrected chi connectivity index (χ3v) is 6.54. The highest BCUT2D eigenvalue weighted by molar-refractivity contribution is 8.00. The number of thioether (sulfide) groups is 1. The van der Waals surface area contributed by atoms with Crippen LogP contribution in [-0.4, -0.2) is 67.6 Å². The molecular formula is C20H30N4O2S. The highest BCUT2D eigenvalue weighted by atomic mass is 32.2. The minimum absolute atomic E-state index is 0.0194. The highest BCUT2D eigenvalue weighted by Crippen LogP contribution is 2.31. The van der Waals surface area contributed by atoms with Gasteiger partial charge in [-0.25, -0.2) is 0 Å². The molecule has 3 rings (SSSR count). The van der Waals surface area contributed by atoms with Crippen LogP contribution in [0.1, 0.15) is 20.3 Å². The molecule has 0 aromatic heterocycles. The fraction of sp³-hybridized carbons (Fsp3) is 0.600. The number of hydrogen-bond donors (Lipinski definition) is 1. The number of amides is 1. The SMILES string of the molecule is CN=C(NCCCN1C(=O)COc2ccccc21)N1CCSC(C(C)C)C1. The van der Waals surface area contributed by atoms with Crippen LogP contribution in [-0.2, 0) is 4.79 Å². The third kappa shape index (κ3) is 4.89. The Kier molecular flexibility index (Phi) is 6.88. The van der Waals surface area contributed by atoms with Crippen LogP contribution in [0.3, 0.4) is 0 Å². The van der Waals surface area contributed by atoms with Gasteiger partial charge in [0.2, 0.25) is 0 Å². The second-order valence-corrected chi connectivity index (χ2v) is 8.58. The Hall–Kier alpha value is -1.89. The molecule has 2 aliphatic rings. The first-order valence-electron chi connectivity index (χ1n) is 9.69. The van der Waals surface area contributed by atoms with Crippen molar-refractivity contribution in [3.05, 3.63) is 24.3 Å². The van der Waals surface area contributed by atoms with Crippen molar-refractivity contribution in [2.45, 2.75) is 25.5 Å². The number of nitrogens with zero attached hydrogens (tertiary/aromatic N) is 3. The lowest BCUT2D eigenvalue weighted by molar-refractivity contribution is -0.121. The molecule has 6 nitrogen and oxygen atoms in total. The number of fused-ring (bicyclic) bond motifs is 1. The van der Waals surface area contributed by atoms with Crippen LogP contribution in [0.25, 0.3) is 0 Å². The van der Waals surface area contributed by atoms with E-state index in [4.69, 9.17) is 4.74 Å². The molecule has 0 bridgehead atoms. The van der Waals surface area contributed by atoms with E-state index >= 15 is 0 Å². The van der Waals surface area contributed by atoms with E-state index in [0.29, 0.717) is 17.7 Å². The third-order valence-electron chi connectivity index (χ3n) is 5.00. The van der Waals surface area contributed by atoms with Crippen LogP contribution in [0.2, 0.25) is 0 Å². The van der Waals surface area contributed by atoms with Crippen molar-refractivity contribution in [1.82, 2.24) is 10.2 Å². The molecule has 1 atom stereocenters. The fourth-order valence-electron chi connectivity index (χ4n) is 3.44. The largest absolute Gasteiger partial charge is 0.482 e. The molecule has 1 N–H and O–H groups in total. The molecule has 0 radical (unpaired) electrons. The summed E-state index contributed by atoms with van der Waals surface area (Å²) in [4.78, 5) is 20.9. The van der Waals surface area contributed by atoms with Gasteiger partial charge in [0.15, 0.2) is 12.6 Å². The van der Waals surface area contributed by atoms with Crippen molar-refractivity contribution in [3.8, 4) is 5.75 Å². The summed E-state index contributed by atoms with van der Waals surface area (Å²) >= 11 is 2.06. The monoisotopic (exact) mass is 390 g/mol. The molecule has 1 unspecified atom stereocenters. The lowest BCUT2D eigenvalue weighted by atomic mass is 10.1. The van der Waals surface area contributed by atoms with E-state index < -0.39 is 0 Å². The minimum atomic E-state index is 0.0194. The van der Waals surface area contributed by atoms with Gasteiger partial charge in [0.1, 0.15) is 5.75 Å². The van der Waals surface area contributed by atoms with Crippen molar-refractivity contribution in [3.63, 3.8) is 0 Å². The van der Waals surface area contributed by atoms with Gasteiger partial charge < -0.3 is 19.9 Å². The quantitative estimate of drug-likeness (QED) is 0.475. The number of benzene rings is 1. The van der Waals surface area contributed by atoms with Crippen LogP contribution in [0, 0.1) is 5.92 Å². The molecule has 148 valence electrons.